The van der Waals surface area contributed by atoms with Crippen molar-refractivity contribution in [3.05, 3.63) is 47.5 Å². The normalized spacial score (nSPS) is 10.1. The lowest BCUT2D eigenvalue weighted by Crippen LogP contribution is -2.15. The van der Waals surface area contributed by atoms with Crippen molar-refractivity contribution < 1.29 is 33.3 Å². The first-order valence-electron chi connectivity index (χ1n) is 8.27. The molecule has 27 heavy (non-hydrogen) atoms. The number of benzene rings is 2. The number of ketones is 1. The molecule has 2 rings (SSSR count). The first-order chi connectivity index (χ1) is 13.0. The number of Topliss-reactive ketones (excluding diaryl/α,β-unsaturated/α-hetero) is 1. The zero-order valence-electron chi connectivity index (χ0n) is 15.7. The summed E-state index contributed by atoms with van der Waals surface area (Å²) in [5.41, 5.74) is 0.556. The first kappa shape index (κ1) is 20.1. The molecule has 2 aromatic carbocycles. The van der Waals surface area contributed by atoms with Gasteiger partial charge in [0.25, 0.3) is 0 Å². The van der Waals surface area contributed by atoms with Crippen molar-refractivity contribution in [1.82, 2.24) is 0 Å². The molecular formula is C20H22O7. The van der Waals surface area contributed by atoms with Gasteiger partial charge in [-0.2, -0.15) is 0 Å². The molecule has 0 aromatic heterocycles. The minimum atomic E-state index is -0.642. The standard InChI is InChI=1S/C20H22O7/c1-5-26-17-9-6-13(10-19(17)25-4)20(22)27-12-16(21)15-8-7-14(23-2)11-18(15)24-3/h6-11H,5,12H2,1-4H3. The average Bonchev–Trinajstić information content (AvgIpc) is 2.71. The van der Waals surface area contributed by atoms with E-state index in [1.54, 1.807) is 30.3 Å². The third-order valence-corrected chi connectivity index (χ3v) is 3.74. The van der Waals surface area contributed by atoms with Crippen molar-refractivity contribution in [3.63, 3.8) is 0 Å². The summed E-state index contributed by atoms with van der Waals surface area (Å²) in [7, 11) is 4.44. The molecule has 0 heterocycles. The Morgan fingerprint density at radius 2 is 1.59 bits per heavy atom. The molecule has 0 radical (unpaired) electrons. The maximum Gasteiger partial charge on any atom is 0.338 e. The van der Waals surface area contributed by atoms with E-state index in [1.165, 1.54) is 27.4 Å². The Morgan fingerprint density at radius 1 is 0.852 bits per heavy atom. The molecule has 0 saturated heterocycles. The van der Waals surface area contributed by atoms with Crippen LogP contribution >= 0.6 is 0 Å². The molecule has 0 bridgehead atoms. The molecule has 0 aliphatic carbocycles. The number of hydrogen-bond acceptors (Lipinski definition) is 7. The van der Waals surface area contributed by atoms with Crippen molar-refractivity contribution in [2.45, 2.75) is 6.92 Å². The predicted molar refractivity (Wildman–Crippen MR) is 98.3 cm³/mol. The second-order valence-electron chi connectivity index (χ2n) is 5.36. The predicted octanol–water partition coefficient (Wildman–Crippen LogP) is 3.15. The lowest BCUT2D eigenvalue weighted by molar-refractivity contribution is 0.0473. The highest BCUT2D eigenvalue weighted by Crippen LogP contribution is 2.28. The van der Waals surface area contributed by atoms with Crippen LogP contribution in [-0.2, 0) is 4.74 Å². The number of carbonyl (C=O) groups excluding carboxylic acids is 2. The van der Waals surface area contributed by atoms with Gasteiger partial charge in [-0.25, -0.2) is 4.79 Å². The number of hydrogen-bond donors (Lipinski definition) is 0. The van der Waals surface area contributed by atoms with Gasteiger partial charge < -0.3 is 23.7 Å². The number of ether oxygens (including phenoxy) is 5. The average molecular weight is 374 g/mol. The van der Waals surface area contributed by atoms with Gasteiger partial charge in [-0.05, 0) is 37.3 Å². The van der Waals surface area contributed by atoms with Crippen LogP contribution in [-0.4, -0.2) is 46.3 Å². The fraction of sp³-hybridized carbons (Fsp3) is 0.300. The van der Waals surface area contributed by atoms with Gasteiger partial charge in [-0.1, -0.05) is 0 Å². The largest absolute Gasteiger partial charge is 0.497 e. The first-order valence-corrected chi connectivity index (χ1v) is 8.27. The summed E-state index contributed by atoms with van der Waals surface area (Å²) in [5, 5.41) is 0. The van der Waals surface area contributed by atoms with Gasteiger partial charge in [0.2, 0.25) is 5.78 Å². The van der Waals surface area contributed by atoms with Gasteiger partial charge >= 0.3 is 5.97 Å². The molecule has 7 nitrogen and oxygen atoms in total. The van der Waals surface area contributed by atoms with Crippen molar-refractivity contribution in [3.8, 4) is 23.0 Å². The van der Waals surface area contributed by atoms with Gasteiger partial charge in [-0.3, -0.25) is 4.79 Å². The molecule has 7 heteroatoms. The zero-order chi connectivity index (χ0) is 19.8. The molecule has 0 unspecified atom stereocenters. The third-order valence-electron chi connectivity index (χ3n) is 3.74. The second-order valence-corrected chi connectivity index (χ2v) is 5.36. The number of esters is 1. The minimum absolute atomic E-state index is 0.254. The summed E-state index contributed by atoms with van der Waals surface area (Å²) in [5.74, 6) is 0.808. The van der Waals surface area contributed by atoms with E-state index in [2.05, 4.69) is 0 Å². The van der Waals surface area contributed by atoms with Crippen LogP contribution in [0.4, 0.5) is 0 Å². The van der Waals surface area contributed by atoms with Crippen LogP contribution in [0.1, 0.15) is 27.6 Å². The van der Waals surface area contributed by atoms with Crippen molar-refractivity contribution in [2.24, 2.45) is 0 Å². The Bertz CT molecular complexity index is 814. The van der Waals surface area contributed by atoms with Gasteiger partial charge in [0.1, 0.15) is 11.5 Å². The molecule has 0 amide bonds. The molecule has 0 atom stereocenters. The summed E-state index contributed by atoms with van der Waals surface area (Å²) in [6, 6.07) is 9.46. The molecule has 0 spiro atoms. The molecule has 0 aliphatic heterocycles. The SMILES string of the molecule is CCOc1ccc(C(=O)OCC(=O)c2ccc(OC)cc2OC)cc1OC. The van der Waals surface area contributed by atoms with Crippen molar-refractivity contribution >= 4 is 11.8 Å². The molecule has 0 aliphatic rings. The lowest BCUT2D eigenvalue weighted by Gasteiger charge is -2.12. The van der Waals surface area contributed by atoms with Crippen LogP contribution in [0.5, 0.6) is 23.0 Å². The Labute approximate surface area is 157 Å². The van der Waals surface area contributed by atoms with Crippen molar-refractivity contribution in [2.75, 3.05) is 34.5 Å². The fourth-order valence-electron chi connectivity index (χ4n) is 2.39. The van der Waals surface area contributed by atoms with Crippen LogP contribution in [0.15, 0.2) is 36.4 Å². The summed E-state index contributed by atoms with van der Waals surface area (Å²) in [6.07, 6.45) is 0. The zero-order valence-corrected chi connectivity index (χ0v) is 15.7. The van der Waals surface area contributed by atoms with E-state index in [9.17, 15) is 9.59 Å². The van der Waals surface area contributed by atoms with Gasteiger partial charge in [-0.15, -0.1) is 0 Å². The summed E-state index contributed by atoms with van der Waals surface area (Å²) in [6.45, 7) is 1.90. The fourth-order valence-corrected chi connectivity index (χ4v) is 2.39. The topological polar surface area (TPSA) is 80.3 Å². The summed E-state index contributed by atoms with van der Waals surface area (Å²) >= 11 is 0. The maximum atomic E-state index is 12.4. The number of methoxy groups -OCH3 is 3. The molecule has 0 fully saturated rings. The minimum Gasteiger partial charge on any atom is -0.497 e. The van der Waals surface area contributed by atoms with Crippen molar-refractivity contribution in [1.29, 1.82) is 0 Å². The van der Waals surface area contributed by atoms with E-state index in [4.69, 9.17) is 23.7 Å². The van der Waals surface area contributed by atoms with E-state index in [1.807, 2.05) is 6.92 Å². The lowest BCUT2D eigenvalue weighted by atomic mass is 10.1. The highest BCUT2D eigenvalue weighted by Gasteiger charge is 2.17. The van der Waals surface area contributed by atoms with Crippen LogP contribution in [0, 0.1) is 0 Å². The molecule has 0 N–H and O–H groups in total. The van der Waals surface area contributed by atoms with E-state index in [0.29, 0.717) is 35.2 Å². The molecule has 0 saturated carbocycles. The van der Waals surface area contributed by atoms with Gasteiger partial charge in [0.05, 0.1) is 39.1 Å². The van der Waals surface area contributed by atoms with E-state index in [0.717, 1.165) is 0 Å². The number of carbonyl (C=O) groups is 2. The van der Waals surface area contributed by atoms with Crippen LogP contribution in [0.3, 0.4) is 0 Å². The quantitative estimate of drug-likeness (QED) is 0.493. The Kier molecular flexibility index (Phi) is 7.05. The van der Waals surface area contributed by atoms with Gasteiger partial charge in [0, 0.05) is 6.07 Å². The Morgan fingerprint density at radius 3 is 2.22 bits per heavy atom. The monoisotopic (exact) mass is 374 g/mol. The molecule has 2 aromatic rings. The Hall–Kier alpha value is -3.22. The summed E-state index contributed by atoms with van der Waals surface area (Å²) in [4.78, 5) is 24.6. The third kappa shape index (κ3) is 4.91. The molecule has 144 valence electrons. The number of rotatable bonds is 9. The van der Waals surface area contributed by atoms with E-state index < -0.39 is 12.6 Å². The summed E-state index contributed by atoms with van der Waals surface area (Å²) < 4.78 is 26.0. The van der Waals surface area contributed by atoms with Gasteiger partial charge in [0.15, 0.2) is 18.1 Å². The highest BCUT2D eigenvalue weighted by molar-refractivity contribution is 6.01. The van der Waals surface area contributed by atoms with Crippen LogP contribution in [0.2, 0.25) is 0 Å². The highest BCUT2D eigenvalue weighted by atomic mass is 16.5. The smallest absolute Gasteiger partial charge is 0.338 e. The Balaban J connectivity index is 2.08. The molecular weight excluding hydrogens is 352 g/mol. The van der Waals surface area contributed by atoms with E-state index in [-0.39, 0.29) is 11.3 Å². The second kappa shape index (κ2) is 9.47. The maximum absolute atomic E-state index is 12.4. The van der Waals surface area contributed by atoms with E-state index >= 15 is 0 Å². The van der Waals surface area contributed by atoms with Crippen LogP contribution in [0.25, 0.3) is 0 Å². The van der Waals surface area contributed by atoms with Crippen LogP contribution < -0.4 is 18.9 Å².